The Hall–Kier alpha value is -1.64. The van der Waals surface area contributed by atoms with E-state index in [-0.39, 0.29) is 11.4 Å². The van der Waals surface area contributed by atoms with E-state index in [2.05, 4.69) is 27.3 Å². The first-order valence-electron chi connectivity index (χ1n) is 7.13. The van der Waals surface area contributed by atoms with Crippen molar-refractivity contribution >= 4 is 16.0 Å². The predicted octanol–water partition coefficient (Wildman–Crippen LogP) is 0.0486. The van der Waals surface area contributed by atoms with E-state index < -0.39 is 10.0 Å². The fourth-order valence-electron chi connectivity index (χ4n) is 2.03. The molecule has 0 aliphatic carbocycles. The van der Waals surface area contributed by atoms with Crippen LogP contribution in [0.1, 0.15) is 12.5 Å². The molecule has 1 aliphatic rings. The van der Waals surface area contributed by atoms with E-state index in [0.717, 1.165) is 18.1 Å². The molecule has 1 aliphatic heterocycles. The molecule has 0 saturated heterocycles. The first-order valence-corrected chi connectivity index (χ1v) is 8.62. The maximum absolute atomic E-state index is 12.1. The van der Waals surface area contributed by atoms with Gasteiger partial charge in [0.05, 0.1) is 18.0 Å². The first-order chi connectivity index (χ1) is 10.5. The monoisotopic (exact) mass is 326 g/mol. The first kappa shape index (κ1) is 16.7. The zero-order chi connectivity index (χ0) is 16.0. The van der Waals surface area contributed by atoms with Gasteiger partial charge >= 0.3 is 0 Å². The van der Waals surface area contributed by atoms with Crippen molar-refractivity contribution in [2.45, 2.75) is 24.4 Å². The molecule has 0 fully saturated rings. The number of hydrogen-bond acceptors (Lipinski definition) is 6. The molecule has 0 bridgehead atoms. The summed E-state index contributed by atoms with van der Waals surface area (Å²) in [7, 11) is -1.98. The Kier molecular flexibility index (Phi) is 5.76. The number of sulfonamides is 1. The summed E-state index contributed by atoms with van der Waals surface area (Å²) < 4.78 is 31.6. The summed E-state index contributed by atoms with van der Waals surface area (Å²) in [6.07, 6.45) is 0. The van der Waals surface area contributed by atoms with E-state index >= 15 is 0 Å². The number of aliphatic imine (C=N–C) groups is 1. The normalized spacial score (nSPS) is 17.9. The summed E-state index contributed by atoms with van der Waals surface area (Å²) in [6.45, 7) is 3.90. The number of ether oxygens (including phenoxy) is 1. The highest BCUT2D eigenvalue weighted by Gasteiger charge is 2.15. The van der Waals surface area contributed by atoms with Gasteiger partial charge in [0.2, 0.25) is 10.0 Å². The lowest BCUT2D eigenvalue weighted by molar-refractivity contribution is 0.204. The molecule has 8 heteroatoms. The minimum absolute atomic E-state index is 0.248. The fourth-order valence-corrected chi connectivity index (χ4v) is 3.11. The summed E-state index contributed by atoms with van der Waals surface area (Å²) >= 11 is 0. The summed E-state index contributed by atoms with van der Waals surface area (Å²) in [5, 5.41) is 6.36. The molecular weight excluding hydrogens is 304 g/mol. The molecule has 1 heterocycles. The second kappa shape index (κ2) is 7.57. The average Bonchev–Trinajstić information content (AvgIpc) is 2.91. The number of nitrogens with one attached hydrogen (secondary N) is 3. The summed E-state index contributed by atoms with van der Waals surface area (Å²) in [4.78, 5) is 4.55. The van der Waals surface area contributed by atoms with Crippen molar-refractivity contribution in [3.05, 3.63) is 29.8 Å². The van der Waals surface area contributed by atoms with Crippen LogP contribution in [0.5, 0.6) is 0 Å². The summed E-state index contributed by atoms with van der Waals surface area (Å²) in [6, 6.07) is 7.17. The Morgan fingerprint density at radius 2 is 2.27 bits per heavy atom. The van der Waals surface area contributed by atoms with E-state index in [1.807, 2.05) is 6.07 Å². The molecule has 3 N–H and O–H groups in total. The fraction of sp³-hybridized carbons (Fsp3) is 0.500. The van der Waals surface area contributed by atoms with E-state index in [4.69, 9.17) is 4.74 Å². The molecule has 0 aromatic heterocycles. The van der Waals surface area contributed by atoms with Crippen molar-refractivity contribution in [1.82, 2.24) is 15.4 Å². The lowest BCUT2D eigenvalue weighted by Gasteiger charge is -2.10. The van der Waals surface area contributed by atoms with Crippen LogP contribution in [0.3, 0.4) is 0 Å². The van der Waals surface area contributed by atoms with Gasteiger partial charge in [0, 0.05) is 26.2 Å². The van der Waals surface area contributed by atoms with Crippen molar-refractivity contribution in [3.63, 3.8) is 0 Å². The molecule has 1 atom stereocenters. The second-order valence-corrected chi connectivity index (χ2v) is 6.89. The van der Waals surface area contributed by atoms with Gasteiger partial charge < -0.3 is 15.4 Å². The van der Waals surface area contributed by atoms with Crippen LogP contribution in [0.4, 0.5) is 0 Å². The number of rotatable bonds is 7. The molecule has 0 spiro atoms. The molecule has 0 radical (unpaired) electrons. The molecule has 7 nitrogen and oxygen atoms in total. The van der Waals surface area contributed by atoms with Crippen molar-refractivity contribution in [2.75, 3.05) is 26.8 Å². The number of guanidine groups is 1. The molecule has 1 unspecified atom stereocenters. The van der Waals surface area contributed by atoms with Crippen LogP contribution in [-0.4, -0.2) is 47.2 Å². The van der Waals surface area contributed by atoms with E-state index in [9.17, 15) is 8.42 Å². The van der Waals surface area contributed by atoms with E-state index in [1.54, 1.807) is 18.2 Å². The van der Waals surface area contributed by atoms with Crippen LogP contribution in [0.25, 0.3) is 0 Å². The number of methoxy groups -OCH3 is 1. The Bertz CT molecular complexity index is 631. The predicted molar refractivity (Wildman–Crippen MR) is 85.2 cm³/mol. The Morgan fingerprint density at radius 3 is 2.95 bits per heavy atom. The van der Waals surface area contributed by atoms with Gasteiger partial charge in [-0.2, -0.15) is 0 Å². The van der Waals surface area contributed by atoms with Gasteiger partial charge in [0.25, 0.3) is 0 Å². The number of hydrogen-bond donors (Lipinski definition) is 3. The maximum Gasteiger partial charge on any atom is 0.240 e. The summed E-state index contributed by atoms with van der Waals surface area (Å²) in [5.41, 5.74) is 0.874. The van der Waals surface area contributed by atoms with Gasteiger partial charge in [0.15, 0.2) is 5.96 Å². The third-order valence-electron chi connectivity index (χ3n) is 3.17. The Balaban J connectivity index is 1.97. The lowest BCUT2D eigenvalue weighted by atomic mass is 10.2. The van der Waals surface area contributed by atoms with Crippen molar-refractivity contribution in [3.8, 4) is 0 Å². The average molecular weight is 326 g/mol. The number of nitrogens with zero attached hydrogens (tertiary/aromatic N) is 1. The van der Waals surface area contributed by atoms with Crippen LogP contribution in [0.2, 0.25) is 0 Å². The van der Waals surface area contributed by atoms with Crippen molar-refractivity contribution < 1.29 is 13.2 Å². The highest BCUT2D eigenvalue weighted by atomic mass is 32.2. The molecule has 122 valence electrons. The van der Waals surface area contributed by atoms with E-state index in [0.29, 0.717) is 19.2 Å². The van der Waals surface area contributed by atoms with Crippen LogP contribution in [-0.2, 0) is 21.3 Å². The minimum atomic E-state index is -3.50. The molecule has 0 amide bonds. The smallest absolute Gasteiger partial charge is 0.240 e. The van der Waals surface area contributed by atoms with Crippen molar-refractivity contribution in [2.24, 2.45) is 4.99 Å². The van der Waals surface area contributed by atoms with Gasteiger partial charge in [-0.15, -0.1) is 0 Å². The number of benzene rings is 1. The lowest BCUT2D eigenvalue weighted by Crippen LogP contribution is -2.37. The summed E-state index contributed by atoms with van der Waals surface area (Å²) in [5.74, 6) is 0.749. The highest BCUT2D eigenvalue weighted by molar-refractivity contribution is 7.89. The Labute approximate surface area is 131 Å². The zero-order valence-corrected chi connectivity index (χ0v) is 13.6. The highest BCUT2D eigenvalue weighted by Crippen LogP contribution is 2.11. The standard InChI is InChI=1S/C14H22N4O3S/c1-11-9-15-14(18-11)16-10-12-4-3-5-13(8-12)22(19,20)17-6-7-21-2/h3-5,8,11,17H,6-7,9-10H2,1-2H3,(H2,15,16,18). The largest absolute Gasteiger partial charge is 0.383 e. The maximum atomic E-state index is 12.1. The quantitative estimate of drug-likeness (QED) is 0.616. The van der Waals surface area contributed by atoms with Crippen molar-refractivity contribution in [1.29, 1.82) is 0 Å². The van der Waals surface area contributed by atoms with Gasteiger partial charge in [-0.1, -0.05) is 12.1 Å². The van der Waals surface area contributed by atoms with Crippen LogP contribution < -0.4 is 15.4 Å². The molecule has 22 heavy (non-hydrogen) atoms. The van der Waals surface area contributed by atoms with Gasteiger partial charge in [0.1, 0.15) is 0 Å². The van der Waals surface area contributed by atoms with Crippen LogP contribution in [0, 0.1) is 0 Å². The SMILES string of the molecule is COCCNS(=O)(=O)c1cccc(CNC2=NCC(C)N2)c1. The van der Waals surface area contributed by atoms with Crippen LogP contribution >= 0.6 is 0 Å². The third kappa shape index (κ3) is 4.69. The van der Waals surface area contributed by atoms with E-state index in [1.165, 1.54) is 7.11 Å². The molecule has 1 aromatic rings. The molecule has 1 aromatic carbocycles. The molecule has 2 rings (SSSR count). The molecule has 0 saturated carbocycles. The van der Waals surface area contributed by atoms with Gasteiger partial charge in [-0.05, 0) is 24.6 Å². The topological polar surface area (TPSA) is 91.8 Å². The van der Waals surface area contributed by atoms with Crippen LogP contribution in [0.15, 0.2) is 34.2 Å². The minimum Gasteiger partial charge on any atom is -0.383 e. The molecular formula is C14H22N4O3S. The third-order valence-corrected chi connectivity index (χ3v) is 4.63. The van der Waals surface area contributed by atoms with Gasteiger partial charge in [-0.25, -0.2) is 13.1 Å². The zero-order valence-electron chi connectivity index (χ0n) is 12.8. The Morgan fingerprint density at radius 1 is 1.45 bits per heavy atom. The second-order valence-electron chi connectivity index (χ2n) is 5.13. The van der Waals surface area contributed by atoms with Gasteiger partial charge in [-0.3, -0.25) is 4.99 Å².